The summed E-state index contributed by atoms with van der Waals surface area (Å²) in [5.41, 5.74) is 1.29. The van der Waals surface area contributed by atoms with E-state index in [2.05, 4.69) is 9.71 Å². The van der Waals surface area contributed by atoms with Gasteiger partial charge in [-0.2, -0.15) is 8.42 Å². The van der Waals surface area contributed by atoms with Crippen molar-refractivity contribution in [3.05, 3.63) is 23.8 Å². The van der Waals surface area contributed by atoms with Crippen molar-refractivity contribution in [2.24, 2.45) is 4.40 Å². The van der Waals surface area contributed by atoms with E-state index in [0.29, 0.717) is 5.69 Å². The van der Waals surface area contributed by atoms with E-state index in [1.807, 2.05) is 26.8 Å². The number of hydrogen-bond donors (Lipinski definition) is 1. The van der Waals surface area contributed by atoms with Gasteiger partial charge in [0.25, 0.3) is 10.0 Å². The molecule has 0 fully saturated rings. The Morgan fingerprint density at radius 2 is 1.94 bits per heavy atom. The normalized spacial score (nSPS) is 18.0. The van der Waals surface area contributed by atoms with Crippen LogP contribution in [-0.4, -0.2) is 13.7 Å². The first-order chi connectivity index (χ1) is 7.70. The summed E-state index contributed by atoms with van der Waals surface area (Å²) in [6.45, 7) is 6.07. The van der Waals surface area contributed by atoms with Crippen LogP contribution in [0.2, 0.25) is 0 Å². The monoisotopic (exact) mass is 272 g/mol. The average molecular weight is 273 g/mol. The van der Waals surface area contributed by atoms with E-state index in [1.54, 1.807) is 12.1 Å². The van der Waals surface area contributed by atoms with E-state index in [4.69, 9.17) is 11.6 Å². The van der Waals surface area contributed by atoms with Gasteiger partial charge in [-0.25, -0.2) is 0 Å². The fourth-order valence-electron chi connectivity index (χ4n) is 1.59. The fraction of sp³-hybridized carbons (Fsp3) is 0.364. The molecule has 0 atom stereocenters. The van der Waals surface area contributed by atoms with Gasteiger partial charge in [-0.1, -0.05) is 26.8 Å². The van der Waals surface area contributed by atoms with Gasteiger partial charge in [-0.15, -0.1) is 4.40 Å². The fourth-order valence-corrected chi connectivity index (χ4v) is 3.00. The Morgan fingerprint density at radius 1 is 1.29 bits per heavy atom. The van der Waals surface area contributed by atoms with E-state index in [1.165, 1.54) is 0 Å². The van der Waals surface area contributed by atoms with Crippen LogP contribution in [0.3, 0.4) is 0 Å². The van der Waals surface area contributed by atoms with Crippen molar-refractivity contribution in [3.8, 4) is 0 Å². The van der Waals surface area contributed by atoms with E-state index in [-0.39, 0.29) is 15.6 Å². The number of hydrogen-bond acceptors (Lipinski definition) is 3. The van der Waals surface area contributed by atoms with Gasteiger partial charge in [-0.05, 0) is 34.7 Å². The minimum absolute atomic E-state index is 0.116. The molecule has 0 saturated heterocycles. The molecule has 1 heterocycles. The maximum absolute atomic E-state index is 11.9. The number of nitrogens with zero attached hydrogens (tertiary/aromatic N) is 1. The topological polar surface area (TPSA) is 58.5 Å². The highest BCUT2D eigenvalue weighted by molar-refractivity contribution is 7.90. The van der Waals surface area contributed by atoms with Gasteiger partial charge >= 0.3 is 0 Å². The summed E-state index contributed by atoms with van der Waals surface area (Å²) in [4.78, 5) is 0.175. The molecule has 2 rings (SSSR count). The summed E-state index contributed by atoms with van der Waals surface area (Å²) in [6.07, 6.45) is 0. The van der Waals surface area contributed by atoms with Crippen LogP contribution in [0, 0.1) is 0 Å². The van der Waals surface area contributed by atoms with Gasteiger partial charge in [0.2, 0.25) is 5.29 Å². The minimum Gasteiger partial charge on any atom is -0.329 e. The molecule has 0 radical (unpaired) electrons. The highest BCUT2D eigenvalue weighted by Crippen LogP contribution is 2.32. The maximum Gasteiger partial charge on any atom is 0.287 e. The van der Waals surface area contributed by atoms with Gasteiger partial charge in [0, 0.05) is 0 Å². The lowest BCUT2D eigenvalue weighted by Gasteiger charge is -2.22. The SMILES string of the molecule is CC(C)(C)c1ccc2c(c1)S(=O)(=O)N=C(Cl)N2. The van der Waals surface area contributed by atoms with Crippen molar-refractivity contribution in [1.82, 2.24) is 0 Å². The Hall–Kier alpha value is -1.07. The Morgan fingerprint density at radius 3 is 2.53 bits per heavy atom. The first kappa shape index (κ1) is 12.4. The lowest BCUT2D eigenvalue weighted by atomic mass is 9.87. The number of amidine groups is 1. The molecule has 0 bridgehead atoms. The van der Waals surface area contributed by atoms with E-state index in [0.717, 1.165) is 5.56 Å². The molecule has 1 aliphatic rings. The van der Waals surface area contributed by atoms with Crippen molar-refractivity contribution in [2.75, 3.05) is 5.32 Å². The summed E-state index contributed by atoms with van der Waals surface area (Å²) >= 11 is 5.62. The summed E-state index contributed by atoms with van der Waals surface area (Å²) in [7, 11) is -3.68. The lowest BCUT2D eigenvalue weighted by Crippen LogP contribution is -2.19. The lowest BCUT2D eigenvalue weighted by molar-refractivity contribution is 0.584. The summed E-state index contributed by atoms with van der Waals surface area (Å²) in [5.74, 6) is 0. The molecule has 0 spiro atoms. The van der Waals surface area contributed by atoms with Crippen LogP contribution < -0.4 is 5.32 Å². The third-order valence-corrected chi connectivity index (χ3v) is 4.16. The second kappa shape index (κ2) is 3.71. The zero-order valence-corrected chi connectivity index (χ0v) is 11.4. The van der Waals surface area contributed by atoms with Crippen LogP contribution >= 0.6 is 11.6 Å². The maximum atomic E-state index is 11.9. The van der Waals surface area contributed by atoms with Gasteiger partial charge in [0.1, 0.15) is 4.90 Å². The first-order valence-corrected chi connectivity index (χ1v) is 6.94. The van der Waals surface area contributed by atoms with E-state index in [9.17, 15) is 8.42 Å². The molecule has 1 aromatic carbocycles. The van der Waals surface area contributed by atoms with Gasteiger partial charge < -0.3 is 5.32 Å². The Kier molecular flexibility index (Phi) is 2.71. The molecule has 0 unspecified atom stereocenters. The summed E-state index contributed by atoms with van der Waals surface area (Å²) < 4.78 is 27.1. The van der Waals surface area contributed by atoms with Crippen molar-refractivity contribution < 1.29 is 8.42 Å². The second-order valence-corrected chi connectivity index (χ2v) is 6.87. The number of rotatable bonds is 0. The van der Waals surface area contributed by atoms with Crippen LogP contribution in [0.15, 0.2) is 27.5 Å². The Labute approximate surface area is 106 Å². The zero-order valence-electron chi connectivity index (χ0n) is 9.78. The number of anilines is 1. The standard InChI is InChI=1S/C11H13ClN2O2S/c1-11(2,3)7-4-5-8-9(6-7)17(15,16)14-10(12)13-8/h4-6H,1-3H3,(H,13,14). The molecule has 0 saturated carbocycles. The molecular weight excluding hydrogens is 260 g/mol. The molecule has 6 heteroatoms. The van der Waals surface area contributed by atoms with Crippen LogP contribution in [0.1, 0.15) is 26.3 Å². The van der Waals surface area contributed by atoms with E-state index >= 15 is 0 Å². The number of halogens is 1. The molecule has 1 N–H and O–H groups in total. The first-order valence-electron chi connectivity index (χ1n) is 5.12. The van der Waals surface area contributed by atoms with Crippen molar-refractivity contribution in [3.63, 3.8) is 0 Å². The predicted octanol–water partition coefficient (Wildman–Crippen LogP) is 2.69. The quantitative estimate of drug-likeness (QED) is 0.739. The van der Waals surface area contributed by atoms with Crippen LogP contribution in [-0.2, 0) is 15.4 Å². The molecule has 0 aromatic heterocycles. The Balaban J connectivity index is 2.65. The number of benzene rings is 1. The van der Waals surface area contributed by atoms with Crippen molar-refractivity contribution in [2.45, 2.75) is 31.1 Å². The molecule has 1 aliphatic heterocycles. The molecular formula is C11H13ClN2O2S. The van der Waals surface area contributed by atoms with E-state index < -0.39 is 10.0 Å². The largest absolute Gasteiger partial charge is 0.329 e. The zero-order chi connectivity index (χ0) is 12.8. The molecule has 92 valence electrons. The number of fused-ring (bicyclic) bond motifs is 1. The molecule has 0 amide bonds. The minimum atomic E-state index is -3.68. The predicted molar refractivity (Wildman–Crippen MR) is 69.2 cm³/mol. The summed E-state index contributed by atoms with van der Waals surface area (Å²) in [5, 5.41) is 2.61. The van der Waals surface area contributed by atoms with Crippen LogP contribution in [0.5, 0.6) is 0 Å². The molecule has 17 heavy (non-hydrogen) atoms. The van der Waals surface area contributed by atoms with Crippen molar-refractivity contribution in [1.29, 1.82) is 0 Å². The summed E-state index contributed by atoms with van der Waals surface area (Å²) in [6, 6.07) is 5.24. The molecule has 4 nitrogen and oxygen atoms in total. The van der Waals surface area contributed by atoms with Crippen molar-refractivity contribution >= 4 is 32.6 Å². The Bertz CT molecular complexity index is 600. The third-order valence-electron chi connectivity index (χ3n) is 2.56. The van der Waals surface area contributed by atoms with Crippen LogP contribution in [0.4, 0.5) is 5.69 Å². The second-order valence-electron chi connectivity index (χ2n) is 4.94. The highest BCUT2D eigenvalue weighted by Gasteiger charge is 2.26. The highest BCUT2D eigenvalue weighted by atomic mass is 35.5. The van der Waals surface area contributed by atoms with Gasteiger partial charge in [-0.3, -0.25) is 0 Å². The number of sulfonamides is 1. The third kappa shape index (κ3) is 2.30. The molecule has 0 aliphatic carbocycles. The smallest absolute Gasteiger partial charge is 0.287 e. The number of nitrogens with one attached hydrogen (secondary N) is 1. The van der Waals surface area contributed by atoms with Gasteiger partial charge in [0.15, 0.2) is 0 Å². The molecule has 1 aromatic rings. The van der Waals surface area contributed by atoms with Crippen LogP contribution in [0.25, 0.3) is 0 Å². The van der Waals surface area contributed by atoms with Gasteiger partial charge in [0.05, 0.1) is 5.69 Å². The average Bonchev–Trinajstić information content (AvgIpc) is 2.13.